The molecule has 1 N–H and O–H groups in total. The molecule has 0 aliphatic carbocycles. The van der Waals surface area contributed by atoms with Crippen LogP contribution < -0.4 is 5.32 Å². The Morgan fingerprint density at radius 1 is 1.17 bits per heavy atom. The van der Waals surface area contributed by atoms with Gasteiger partial charge in [0.2, 0.25) is 5.91 Å². The van der Waals surface area contributed by atoms with Crippen molar-refractivity contribution in [2.45, 2.75) is 78.4 Å². The zero-order valence-electron chi connectivity index (χ0n) is 12.5. The minimum absolute atomic E-state index is 0.0685. The SMILES string of the molecule is CCCCCN1C(=O)C(CCCC)NC1C(C)C. The molecule has 1 aliphatic rings. The molecule has 1 heterocycles. The Balaban J connectivity index is 2.56. The summed E-state index contributed by atoms with van der Waals surface area (Å²) >= 11 is 0. The predicted molar refractivity (Wildman–Crippen MR) is 76.3 cm³/mol. The van der Waals surface area contributed by atoms with Crippen LogP contribution in [0.15, 0.2) is 0 Å². The van der Waals surface area contributed by atoms with E-state index in [0.717, 1.165) is 32.2 Å². The standard InChI is InChI=1S/C15H30N2O/c1-5-7-9-11-17-14(12(3)4)16-13(15(17)18)10-8-6-2/h12-14,16H,5-11H2,1-4H3. The van der Waals surface area contributed by atoms with Gasteiger partial charge in [0.15, 0.2) is 0 Å². The lowest BCUT2D eigenvalue weighted by Crippen LogP contribution is -2.41. The maximum atomic E-state index is 12.4. The number of carbonyl (C=O) groups is 1. The van der Waals surface area contributed by atoms with Crippen molar-refractivity contribution in [3.05, 3.63) is 0 Å². The summed E-state index contributed by atoms with van der Waals surface area (Å²) in [6.07, 6.45) is 7.09. The maximum Gasteiger partial charge on any atom is 0.241 e. The van der Waals surface area contributed by atoms with Crippen molar-refractivity contribution in [2.75, 3.05) is 6.54 Å². The summed E-state index contributed by atoms with van der Waals surface area (Å²) in [7, 11) is 0. The summed E-state index contributed by atoms with van der Waals surface area (Å²) in [5, 5.41) is 3.53. The van der Waals surface area contributed by atoms with E-state index in [1.165, 1.54) is 12.8 Å². The normalized spacial score (nSPS) is 24.3. The van der Waals surface area contributed by atoms with Crippen LogP contribution in [0.3, 0.4) is 0 Å². The zero-order valence-corrected chi connectivity index (χ0v) is 12.5. The number of carbonyl (C=O) groups excluding carboxylic acids is 1. The van der Waals surface area contributed by atoms with E-state index in [4.69, 9.17) is 0 Å². The van der Waals surface area contributed by atoms with Crippen molar-refractivity contribution < 1.29 is 4.79 Å². The third-order valence-corrected chi connectivity index (χ3v) is 3.77. The molecule has 0 saturated carbocycles. The molecule has 0 radical (unpaired) electrons. The van der Waals surface area contributed by atoms with Crippen LogP contribution in [0.1, 0.15) is 66.2 Å². The van der Waals surface area contributed by atoms with E-state index < -0.39 is 0 Å². The van der Waals surface area contributed by atoms with E-state index >= 15 is 0 Å². The van der Waals surface area contributed by atoms with Gasteiger partial charge in [0.25, 0.3) is 0 Å². The van der Waals surface area contributed by atoms with Gasteiger partial charge in [-0.2, -0.15) is 0 Å². The molecular formula is C15H30N2O. The lowest BCUT2D eigenvalue weighted by Gasteiger charge is -2.27. The Hall–Kier alpha value is -0.570. The minimum Gasteiger partial charge on any atom is -0.326 e. The number of unbranched alkanes of at least 4 members (excludes halogenated alkanes) is 3. The Bertz CT molecular complexity index is 253. The Kier molecular flexibility index (Phi) is 6.69. The van der Waals surface area contributed by atoms with Gasteiger partial charge < -0.3 is 4.90 Å². The zero-order chi connectivity index (χ0) is 13.5. The molecule has 1 amide bonds. The summed E-state index contributed by atoms with van der Waals surface area (Å²) in [6.45, 7) is 9.69. The van der Waals surface area contributed by atoms with Crippen LogP contribution in [0.2, 0.25) is 0 Å². The highest BCUT2D eigenvalue weighted by molar-refractivity contribution is 5.84. The summed E-state index contributed by atoms with van der Waals surface area (Å²) in [5.41, 5.74) is 0. The average Bonchev–Trinajstić information content (AvgIpc) is 2.65. The smallest absolute Gasteiger partial charge is 0.241 e. The van der Waals surface area contributed by atoms with Crippen molar-refractivity contribution in [2.24, 2.45) is 5.92 Å². The monoisotopic (exact) mass is 254 g/mol. The molecule has 0 bridgehead atoms. The maximum absolute atomic E-state index is 12.4. The molecule has 0 spiro atoms. The van der Waals surface area contributed by atoms with Gasteiger partial charge in [-0.1, -0.05) is 53.4 Å². The van der Waals surface area contributed by atoms with Crippen LogP contribution in [0.4, 0.5) is 0 Å². The highest BCUT2D eigenvalue weighted by atomic mass is 16.2. The fourth-order valence-corrected chi connectivity index (χ4v) is 2.65. The molecule has 3 nitrogen and oxygen atoms in total. The molecule has 0 aromatic heterocycles. The lowest BCUT2D eigenvalue weighted by atomic mass is 10.1. The fraction of sp³-hybridized carbons (Fsp3) is 0.933. The van der Waals surface area contributed by atoms with Crippen molar-refractivity contribution >= 4 is 5.91 Å². The van der Waals surface area contributed by atoms with Gasteiger partial charge in [-0.25, -0.2) is 0 Å². The molecule has 2 atom stereocenters. The molecular weight excluding hydrogens is 224 g/mol. The van der Waals surface area contributed by atoms with Gasteiger partial charge in [0.1, 0.15) is 0 Å². The van der Waals surface area contributed by atoms with E-state index in [9.17, 15) is 4.79 Å². The average molecular weight is 254 g/mol. The molecule has 1 rings (SSSR count). The van der Waals surface area contributed by atoms with Crippen LogP contribution >= 0.6 is 0 Å². The second kappa shape index (κ2) is 7.78. The summed E-state index contributed by atoms with van der Waals surface area (Å²) < 4.78 is 0. The first-order valence-corrected chi connectivity index (χ1v) is 7.68. The van der Waals surface area contributed by atoms with Gasteiger partial charge in [-0.3, -0.25) is 10.1 Å². The van der Waals surface area contributed by atoms with Crippen LogP contribution in [-0.2, 0) is 4.79 Å². The van der Waals surface area contributed by atoms with Crippen LogP contribution in [0.25, 0.3) is 0 Å². The fourth-order valence-electron chi connectivity index (χ4n) is 2.65. The minimum atomic E-state index is 0.0685. The molecule has 1 aliphatic heterocycles. The topological polar surface area (TPSA) is 32.3 Å². The Morgan fingerprint density at radius 2 is 1.83 bits per heavy atom. The molecule has 106 valence electrons. The molecule has 1 saturated heterocycles. The first-order valence-electron chi connectivity index (χ1n) is 7.68. The van der Waals surface area contributed by atoms with E-state index in [-0.39, 0.29) is 12.2 Å². The highest BCUT2D eigenvalue weighted by Crippen LogP contribution is 2.21. The number of nitrogens with one attached hydrogen (secondary N) is 1. The third kappa shape index (κ3) is 3.98. The van der Waals surface area contributed by atoms with Gasteiger partial charge in [0.05, 0.1) is 12.2 Å². The molecule has 18 heavy (non-hydrogen) atoms. The first kappa shape index (κ1) is 15.5. The number of hydrogen-bond acceptors (Lipinski definition) is 2. The van der Waals surface area contributed by atoms with Crippen LogP contribution in [-0.4, -0.2) is 29.6 Å². The lowest BCUT2D eigenvalue weighted by molar-refractivity contribution is -0.130. The van der Waals surface area contributed by atoms with Crippen molar-refractivity contribution in [3.63, 3.8) is 0 Å². The second-order valence-electron chi connectivity index (χ2n) is 5.79. The second-order valence-corrected chi connectivity index (χ2v) is 5.79. The molecule has 1 fully saturated rings. The van der Waals surface area contributed by atoms with E-state index in [1.807, 2.05) is 0 Å². The van der Waals surface area contributed by atoms with Gasteiger partial charge >= 0.3 is 0 Å². The van der Waals surface area contributed by atoms with E-state index in [2.05, 4.69) is 37.9 Å². The van der Waals surface area contributed by atoms with Gasteiger partial charge in [-0.05, 0) is 18.8 Å². The summed E-state index contributed by atoms with van der Waals surface area (Å²) in [4.78, 5) is 14.5. The number of amides is 1. The number of rotatable bonds is 8. The van der Waals surface area contributed by atoms with E-state index in [0.29, 0.717) is 11.8 Å². The number of nitrogens with zero attached hydrogens (tertiary/aromatic N) is 1. The molecule has 0 aromatic carbocycles. The highest BCUT2D eigenvalue weighted by Gasteiger charge is 2.38. The first-order chi connectivity index (χ1) is 8.61. The predicted octanol–water partition coefficient (Wildman–Crippen LogP) is 3.15. The van der Waals surface area contributed by atoms with Crippen LogP contribution in [0, 0.1) is 5.92 Å². The van der Waals surface area contributed by atoms with Crippen molar-refractivity contribution in [1.29, 1.82) is 0 Å². The van der Waals surface area contributed by atoms with Crippen LogP contribution in [0.5, 0.6) is 0 Å². The quantitative estimate of drug-likeness (QED) is 0.675. The summed E-state index contributed by atoms with van der Waals surface area (Å²) in [5.74, 6) is 0.820. The molecule has 2 unspecified atom stereocenters. The van der Waals surface area contributed by atoms with Gasteiger partial charge in [-0.15, -0.1) is 0 Å². The molecule has 3 heteroatoms. The van der Waals surface area contributed by atoms with Crippen molar-refractivity contribution in [3.8, 4) is 0 Å². The molecule has 0 aromatic rings. The summed E-state index contributed by atoms with van der Waals surface area (Å²) in [6, 6.07) is 0.0685. The number of hydrogen-bond donors (Lipinski definition) is 1. The largest absolute Gasteiger partial charge is 0.326 e. The van der Waals surface area contributed by atoms with E-state index in [1.54, 1.807) is 0 Å². The van der Waals surface area contributed by atoms with Gasteiger partial charge in [0, 0.05) is 6.54 Å². The van der Waals surface area contributed by atoms with Crippen molar-refractivity contribution in [1.82, 2.24) is 10.2 Å². The Labute approximate surface area is 112 Å². The Morgan fingerprint density at radius 3 is 2.39 bits per heavy atom. The third-order valence-electron chi connectivity index (χ3n) is 3.77.